The first-order chi connectivity index (χ1) is 14.9. The number of hydrogen-bond acceptors (Lipinski definition) is 4. The number of hydrogen-bond donors (Lipinski definition) is 0. The fraction of sp³-hybridized carbons (Fsp3) is 0.500. The lowest BCUT2D eigenvalue weighted by atomic mass is 9.99. The highest BCUT2D eigenvalue weighted by Gasteiger charge is 2.30. The second-order valence-corrected chi connectivity index (χ2v) is 7.93. The van der Waals surface area contributed by atoms with Crippen molar-refractivity contribution in [1.29, 1.82) is 0 Å². The summed E-state index contributed by atoms with van der Waals surface area (Å²) in [5.41, 5.74) is 2.10. The van der Waals surface area contributed by atoms with Crippen LogP contribution in [0.3, 0.4) is 0 Å². The average molecular weight is 427 g/mol. The molecule has 1 fully saturated rings. The maximum Gasteiger partial charge on any atom is 0.257 e. The molecule has 0 saturated carbocycles. The molecule has 0 unspecified atom stereocenters. The summed E-state index contributed by atoms with van der Waals surface area (Å²) in [5, 5.41) is 0. The van der Waals surface area contributed by atoms with E-state index >= 15 is 0 Å². The molecule has 2 aromatic rings. The van der Waals surface area contributed by atoms with Crippen LogP contribution in [0, 0.1) is 12.7 Å². The number of amides is 2. The third kappa shape index (κ3) is 5.46. The Balaban J connectivity index is 1.73. The highest BCUT2D eigenvalue weighted by atomic mass is 19.1. The van der Waals surface area contributed by atoms with Gasteiger partial charge in [-0.1, -0.05) is 12.1 Å². The van der Waals surface area contributed by atoms with Gasteiger partial charge in [0.1, 0.15) is 5.82 Å². The highest BCUT2D eigenvalue weighted by Crippen LogP contribution is 2.30. The molecule has 0 radical (unpaired) electrons. The largest absolute Gasteiger partial charge is 0.339 e. The quantitative estimate of drug-likeness (QED) is 0.669. The van der Waals surface area contributed by atoms with Crippen LogP contribution < -0.4 is 0 Å². The number of carbonyl (C=O) groups excluding carboxylic acids is 2. The Morgan fingerprint density at radius 3 is 2.52 bits per heavy atom. The van der Waals surface area contributed by atoms with Crippen LogP contribution in [0.5, 0.6) is 0 Å². The summed E-state index contributed by atoms with van der Waals surface area (Å²) in [5.74, 6) is 0.313. The van der Waals surface area contributed by atoms with E-state index in [1.165, 1.54) is 12.1 Å². The Labute approximate surface area is 183 Å². The summed E-state index contributed by atoms with van der Waals surface area (Å²) in [6, 6.07) is 6.09. The van der Waals surface area contributed by atoms with Crippen molar-refractivity contribution >= 4 is 11.8 Å². The van der Waals surface area contributed by atoms with Gasteiger partial charge in [0.2, 0.25) is 5.91 Å². The molecule has 0 N–H and O–H groups in total. The fourth-order valence-electron chi connectivity index (χ4n) is 4.08. The number of rotatable bonds is 7. The predicted molar refractivity (Wildman–Crippen MR) is 117 cm³/mol. The van der Waals surface area contributed by atoms with E-state index in [1.54, 1.807) is 23.2 Å². The second kappa shape index (κ2) is 10.5. The third-order valence-corrected chi connectivity index (χ3v) is 5.94. The van der Waals surface area contributed by atoms with Crippen molar-refractivity contribution in [2.45, 2.75) is 58.9 Å². The predicted octanol–water partition coefficient (Wildman–Crippen LogP) is 4.09. The van der Waals surface area contributed by atoms with E-state index in [9.17, 15) is 14.0 Å². The molecule has 1 aliphatic rings. The molecule has 2 amide bonds. The molecule has 0 aliphatic carbocycles. The lowest BCUT2D eigenvalue weighted by Gasteiger charge is -2.35. The Bertz CT molecular complexity index is 912. The van der Waals surface area contributed by atoms with Crippen LogP contribution >= 0.6 is 0 Å². The molecule has 1 aliphatic heterocycles. The first kappa shape index (κ1) is 22.8. The van der Waals surface area contributed by atoms with Gasteiger partial charge in [-0.05, 0) is 64.2 Å². The Morgan fingerprint density at radius 1 is 1.16 bits per heavy atom. The van der Waals surface area contributed by atoms with Crippen molar-refractivity contribution in [3.05, 3.63) is 58.9 Å². The zero-order chi connectivity index (χ0) is 22.4. The monoisotopic (exact) mass is 426 g/mol. The zero-order valence-electron chi connectivity index (χ0n) is 18.6. The van der Waals surface area contributed by atoms with Crippen molar-refractivity contribution in [3.63, 3.8) is 0 Å². The van der Waals surface area contributed by atoms with Crippen molar-refractivity contribution in [1.82, 2.24) is 19.8 Å². The standard InChI is InChI=1S/C24H31FN4O2/c1-4-28(5-2)24(31)20-16-26-23(27-17(20)3)21-8-6-7-15-29(21)22(30)14-11-18-9-12-19(25)13-10-18/h9-10,12-13,16,21H,4-8,11,14-15H2,1-3H3/t21-/m1/s1. The van der Waals surface area contributed by atoms with E-state index < -0.39 is 0 Å². The maximum atomic E-state index is 13.1. The number of aromatic nitrogens is 2. The topological polar surface area (TPSA) is 66.4 Å². The van der Waals surface area contributed by atoms with Gasteiger partial charge in [-0.25, -0.2) is 14.4 Å². The first-order valence-electron chi connectivity index (χ1n) is 11.1. The SMILES string of the molecule is CCN(CC)C(=O)c1cnc([C@H]2CCCCN2C(=O)CCc2ccc(F)cc2)nc1C. The first-order valence-corrected chi connectivity index (χ1v) is 11.1. The van der Waals surface area contributed by atoms with E-state index in [0.29, 0.717) is 49.6 Å². The minimum absolute atomic E-state index is 0.0542. The van der Waals surface area contributed by atoms with E-state index in [4.69, 9.17) is 0 Å². The van der Waals surface area contributed by atoms with Gasteiger partial charge in [-0.3, -0.25) is 9.59 Å². The number of aryl methyl sites for hydroxylation is 2. The van der Waals surface area contributed by atoms with Gasteiger partial charge >= 0.3 is 0 Å². The number of likely N-dealkylation sites (tertiary alicyclic amines) is 1. The lowest BCUT2D eigenvalue weighted by Crippen LogP contribution is -2.39. The molecule has 1 atom stereocenters. The summed E-state index contributed by atoms with van der Waals surface area (Å²) in [6.07, 6.45) is 5.31. The molecule has 2 heterocycles. The van der Waals surface area contributed by atoms with Crippen LogP contribution in [0.4, 0.5) is 4.39 Å². The van der Waals surface area contributed by atoms with E-state index in [-0.39, 0.29) is 23.7 Å². The molecule has 166 valence electrons. The maximum absolute atomic E-state index is 13.1. The zero-order valence-corrected chi connectivity index (χ0v) is 18.6. The number of piperidine rings is 1. The van der Waals surface area contributed by atoms with E-state index in [1.807, 2.05) is 25.7 Å². The van der Waals surface area contributed by atoms with E-state index in [0.717, 1.165) is 24.8 Å². The summed E-state index contributed by atoms with van der Waals surface area (Å²) in [6.45, 7) is 7.67. The normalized spacial score (nSPS) is 16.3. The molecule has 3 rings (SSSR count). The molecular weight excluding hydrogens is 395 g/mol. The van der Waals surface area contributed by atoms with Gasteiger partial charge in [0.25, 0.3) is 5.91 Å². The molecule has 0 spiro atoms. The minimum Gasteiger partial charge on any atom is -0.339 e. The molecule has 7 heteroatoms. The van der Waals surface area contributed by atoms with Gasteiger partial charge in [-0.15, -0.1) is 0 Å². The van der Waals surface area contributed by atoms with Crippen LogP contribution in [-0.4, -0.2) is 51.2 Å². The number of nitrogens with zero attached hydrogens (tertiary/aromatic N) is 4. The number of benzene rings is 1. The summed E-state index contributed by atoms with van der Waals surface area (Å²) in [4.78, 5) is 38.4. The summed E-state index contributed by atoms with van der Waals surface area (Å²) < 4.78 is 13.1. The van der Waals surface area contributed by atoms with E-state index in [2.05, 4.69) is 9.97 Å². The fourth-order valence-corrected chi connectivity index (χ4v) is 4.08. The highest BCUT2D eigenvalue weighted by molar-refractivity contribution is 5.94. The van der Waals surface area contributed by atoms with Crippen LogP contribution in [0.1, 0.15) is 73.0 Å². The van der Waals surface area contributed by atoms with Gasteiger partial charge in [0.15, 0.2) is 5.82 Å². The Morgan fingerprint density at radius 2 is 1.87 bits per heavy atom. The number of carbonyl (C=O) groups is 2. The van der Waals surface area contributed by atoms with Crippen molar-refractivity contribution in [2.75, 3.05) is 19.6 Å². The molecule has 6 nitrogen and oxygen atoms in total. The molecule has 1 saturated heterocycles. The molecular formula is C24H31FN4O2. The molecule has 31 heavy (non-hydrogen) atoms. The van der Waals surface area contributed by atoms with Crippen molar-refractivity contribution in [2.24, 2.45) is 0 Å². The van der Waals surface area contributed by atoms with Crippen molar-refractivity contribution in [3.8, 4) is 0 Å². The van der Waals surface area contributed by atoms with Crippen LogP contribution in [0.25, 0.3) is 0 Å². The molecule has 1 aromatic carbocycles. The molecule has 0 bridgehead atoms. The summed E-state index contributed by atoms with van der Waals surface area (Å²) in [7, 11) is 0. The third-order valence-electron chi connectivity index (χ3n) is 5.94. The smallest absolute Gasteiger partial charge is 0.257 e. The molecule has 1 aromatic heterocycles. The van der Waals surface area contributed by atoms with Crippen LogP contribution in [-0.2, 0) is 11.2 Å². The lowest BCUT2D eigenvalue weighted by molar-refractivity contribution is -0.135. The number of halogens is 1. The van der Waals surface area contributed by atoms with Gasteiger partial charge in [0, 0.05) is 32.3 Å². The second-order valence-electron chi connectivity index (χ2n) is 7.93. The van der Waals surface area contributed by atoms with Crippen molar-refractivity contribution < 1.29 is 14.0 Å². The van der Waals surface area contributed by atoms with Gasteiger partial charge in [0.05, 0.1) is 17.3 Å². The van der Waals surface area contributed by atoms with Gasteiger partial charge in [-0.2, -0.15) is 0 Å². The van der Waals surface area contributed by atoms with Gasteiger partial charge < -0.3 is 9.80 Å². The minimum atomic E-state index is -0.276. The Kier molecular flexibility index (Phi) is 7.71. The van der Waals surface area contributed by atoms with Crippen LogP contribution in [0.2, 0.25) is 0 Å². The summed E-state index contributed by atoms with van der Waals surface area (Å²) >= 11 is 0. The average Bonchev–Trinajstić information content (AvgIpc) is 2.79. The van der Waals surface area contributed by atoms with Crippen LogP contribution in [0.15, 0.2) is 30.5 Å². The Hall–Kier alpha value is -2.83.